The highest BCUT2D eigenvalue weighted by atomic mass is 32.2. The van der Waals surface area contributed by atoms with Crippen LogP contribution in [-0.2, 0) is 4.79 Å². The van der Waals surface area contributed by atoms with E-state index in [2.05, 4.69) is 22.3 Å². The second-order valence-electron chi connectivity index (χ2n) is 5.87. The minimum absolute atomic E-state index is 0.0178. The number of rotatable bonds is 6. The van der Waals surface area contributed by atoms with Gasteiger partial charge < -0.3 is 10.2 Å². The number of para-hydroxylation sites is 1. The molecular formula is C19H21FN2OS. The van der Waals surface area contributed by atoms with Crippen LogP contribution < -0.4 is 10.2 Å². The zero-order valence-electron chi connectivity index (χ0n) is 13.5. The van der Waals surface area contributed by atoms with Gasteiger partial charge in [-0.3, -0.25) is 4.79 Å². The van der Waals surface area contributed by atoms with E-state index in [1.54, 1.807) is 12.1 Å². The monoisotopic (exact) mass is 344 g/mol. The standard InChI is InChI=1S/C19H21FN2OS/c20-15-8-10-18(11-9-15)24-14-19(23)21-13-17-7-4-12-22(17)16-5-2-1-3-6-16/h1-3,5-6,8-11,17H,4,7,12-14H2,(H,21,23). The van der Waals surface area contributed by atoms with E-state index in [0.29, 0.717) is 18.3 Å². The maximum atomic E-state index is 12.9. The molecule has 1 N–H and O–H groups in total. The Morgan fingerprint density at radius 3 is 2.67 bits per heavy atom. The molecule has 0 radical (unpaired) electrons. The summed E-state index contributed by atoms with van der Waals surface area (Å²) in [5, 5.41) is 3.03. The van der Waals surface area contributed by atoms with Crippen LogP contribution in [0, 0.1) is 5.82 Å². The van der Waals surface area contributed by atoms with Crippen molar-refractivity contribution in [2.75, 3.05) is 23.7 Å². The molecule has 0 saturated carbocycles. The van der Waals surface area contributed by atoms with Gasteiger partial charge in [-0.1, -0.05) is 18.2 Å². The fourth-order valence-electron chi connectivity index (χ4n) is 2.97. The van der Waals surface area contributed by atoms with E-state index in [-0.39, 0.29) is 11.7 Å². The first-order valence-electron chi connectivity index (χ1n) is 8.19. The number of anilines is 1. The third-order valence-corrected chi connectivity index (χ3v) is 5.20. The normalized spacial score (nSPS) is 17.0. The second-order valence-corrected chi connectivity index (χ2v) is 6.92. The Kier molecular flexibility index (Phi) is 5.75. The van der Waals surface area contributed by atoms with Crippen LogP contribution in [0.2, 0.25) is 0 Å². The van der Waals surface area contributed by atoms with Crippen LogP contribution in [0.15, 0.2) is 59.5 Å². The fourth-order valence-corrected chi connectivity index (χ4v) is 3.70. The Balaban J connectivity index is 1.46. The Morgan fingerprint density at radius 1 is 1.17 bits per heavy atom. The summed E-state index contributed by atoms with van der Waals surface area (Å²) in [6, 6.07) is 16.9. The highest BCUT2D eigenvalue weighted by molar-refractivity contribution is 8.00. The Bertz CT molecular complexity index is 663. The SMILES string of the molecule is O=C(CSc1ccc(F)cc1)NCC1CCCN1c1ccccc1. The zero-order valence-corrected chi connectivity index (χ0v) is 14.3. The van der Waals surface area contributed by atoms with E-state index in [1.807, 2.05) is 18.2 Å². The summed E-state index contributed by atoms with van der Waals surface area (Å²) < 4.78 is 12.9. The molecule has 0 aromatic heterocycles. The lowest BCUT2D eigenvalue weighted by Gasteiger charge is -2.27. The highest BCUT2D eigenvalue weighted by Crippen LogP contribution is 2.24. The molecule has 1 fully saturated rings. The van der Waals surface area contributed by atoms with Crippen molar-refractivity contribution in [3.05, 3.63) is 60.4 Å². The molecule has 1 aliphatic heterocycles. The number of thioether (sulfide) groups is 1. The first-order valence-corrected chi connectivity index (χ1v) is 9.18. The lowest BCUT2D eigenvalue weighted by atomic mass is 10.2. The van der Waals surface area contributed by atoms with Crippen molar-refractivity contribution in [2.45, 2.75) is 23.8 Å². The van der Waals surface area contributed by atoms with Gasteiger partial charge in [-0.2, -0.15) is 0 Å². The van der Waals surface area contributed by atoms with Gasteiger partial charge in [0.25, 0.3) is 0 Å². The highest BCUT2D eigenvalue weighted by Gasteiger charge is 2.24. The molecule has 0 bridgehead atoms. The van der Waals surface area contributed by atoms with Gasteiger partial charge in [-0.15, -0.1) is 11.8 Å². The summed E-state index contributed by atoms with van der Waals surface area (Å²) in [5.74, 6) is 0.110. The quantitative estimate of drug-likeness (QED) is 0.811. The van der Waals surface area contributed by atoms with Crippen molar-refractivity contribution in [3.63, 3.8) is 0 Å². The molecular weight excluding hydrogens is 323 g/mol. The number of benzene rings is 2. The summed E-state index contributed by atoms with van der Waals surface area (Å²) >= 11 is 1.42. The number of hydrogen-bond donors (Lipinski definition) is 1. The predicted molar refractivity (Wildman–Crippen MR) is 96.9 cm³/mol. The Labute approximate surface area is 146 Å². The van der Waals surface area contributed by atoms with Crippen molar-refractivity contribution in [1.29, 1.82) is 0 Å². The molecule has 2 aromatic carbocycles. The largest absolute Gasteiger partial charge is 0.367 e. The van der Waals surface area contributed by atoms with Crippen molar-refractivity contribution < 1.29 is 9.18 Å². The second kappa shape index (κ2) is 8.20. The topological polar surface area (TPSA) is 32.3 Å². The van der Waals surface area contributed by atoms with E-state index in [9.17, 15) is 9.18 Å². The summed E-state index contributed by atoms with van der Waals surface area (Å²) in [5.41, 5.74) is 1.22. The third kappa shape index (κ3) is 4.51. The van der Waals surface area contributed by atoms with Gasteiger partial charge in [-0.05, 0) is 49.2 Å². The molecule has 5 heteroatoms. The van der Waals surface area contributed by atoms with Gasteiger partial charge in [0, 0.05) is 29.7 Å². The van der Waals surface area contributed by atoms with E-state index >= 15 is 0 Å². The first kappa shape index (κ1) is 16.8. The molecule has 1 aliphatic rings. The average Bonchev–Trinajstić information content (AvgIpc) is 3.09. The average molecular weight is 344 g/mol. The summed E-state index contributed by atoms with van der Waals surface area (Å²) in [6.07, 6.45) is 2.25. The first-order chi connectivity index (χ1) is 11.7. The molecule has 1 atom stereocenters. The molecule has 3 nitrogen and oxygen atoms in total. The van der Waals surface area contributed by atoms with Gasteiger partial charge in [0.05, 0.1) is 5.75 Å². The summed E-state index contributed by atoms with van der Waals surface area (Å²) in [6.45, 7) is 1.70. The van der Waals surface area contributed by atoms with Gasteiger partial charge in [-0.25, -0.2) is 4.39 Å². The summed E-state index contributed by atoms with van der Waals surface area (Å²) in [4.78, 5) is 15.3. The lowest BCUT2D eigenvalue weighted by Crippen LogP contribution is -2.40. The number of amides is 1. The molecule has 1 amide bonds. The van der Waals surface area contributed by atoms with Gasteiger partial charge >= 0.3 is 0 Å². The number of carbonyl (C=O) groups is 1. The molecule has 0 spiro atoms. The number of hydrogen-bond acceptors (Lipinski definition) is 3. The van der Waals surface area contributed by atoms with Gasteiger partial charge in [0.1, 0.15) is 5.82 Å². The van der Waals surface area contributed by atoms with E-state index in [4.69, 9.17) is 0 Å². The van der Waals surface area contributed by atoms with Crippen LogP contribution in [0.1, 0.15) is 12.8 Å². The van der Waals surface area contributed by atoms with E-state index in [1.165, 1.54) is 29.6 Å². The molecule has 1 heterocycles. The molecule has 126 valence electrons. The third-order valence-electron chi connectivity index (χ3n) is 4.18. The van der Waals surface area contributed by atoms with Crippen molar-refractivity contribution in [1.82, 2.24) is 5.32 Å². The number of halogens is 1. The van der Waals surface area contributed by atoms with Crippen LogP contribution in [0.4, 0.5) is 10.1 Å². The lowest BCUT2D eigenvalue weighted by molar-refractivity contribution is -0.118. The van der Waals surface area contributed by atoms with Crippen LogP contribution in [0.5, 0.6) is 0 Å². The predicted octanol–water partition coefficient (Wildman–Crippen LogP) is 3.70. The smallest absolute Gasteiger partial charge is 0.230 e. The maximum absolute atomic E-state index is 12.9. The van der Waals surface area contributed by atoms with Crippen LogP contribution in [0.3, 0.4) is 0 Å². The summed E-state index contributed by atoms with van der Waals surface area (Å²) in [7, 11) is 0. The molecule has 24 heavy (non-hydrogen) atoms. The molecule has 0 aliphatic carbocycles. The zero-order chi connectivity index (χ0) is 16.8. The minimum atomic E-state index is -0.258. The van der Waals surface area contributed by atoms with E-state index < -0.39 is 0 Å². The minimum Gasteiger partial charge on any atom is -0.367 e. The Morgan fingerprint density at radius 2 is 1.92 bits per heavy atom. The number of nitrogens with zero attached hydrogens (tertiary/aromatic N) is 1. The van der Waals surface area contributed by atoms with Crippen molar-refractivity contribution >= 4 is 23.4 Å². The van der Waals surface area contributed by atoms with E-state index in [0.717, 1.165) is 24.3 Å². The molecule has 1 saturated heterocycles. The molecule has 2 aromatic rings. The maximum Gasteiger partial charge on any atom is 0.230 e. The Hall–Kier alpha value is -2.01. The van der Waals surface area contributed by atoms with Crippen LogP contribution >= 0.6 is 11.8 Å². The number of nitrogens with one attached hydrogen (secondary N) is 1. The number of carbonyl (C=O) groups excluding carboxylic acids is 1. The van der Waals surface area contributed by atoms with Crippen molar-refractivity contribution in [3.8, 4) is 0 Å². The fraction of sp³-hybridized carbons (Fsp3) is 0.316. The van der Waals surface area contributed by atoms with Crippen LogP contribution in [-0.4, -0.2) is 30.8 Å². The molecule has 1 unspecified atom stereocenters. The van der Waals surface area contributed by atoms with Crippen molar-refractivity contribution in [2.24, 2.45) is 0 Å². The molecule has 3 rings (SSSR count). The van der Waals surface area contributed by atoms with Gasteiger partial charge in [0.15, 0.2) is 0 Å². The van der Waals surface area contributed by atoms with Gasteiger partial charge in [0.2, 0.25) is 5.91 Å². The van der Waals surface area contributed by atoms with Crippen LogP contribution in [0.25, 0.3) is 0 Å².